The molecular formula is C23H30N2O2. The Bertz CT molecular complexity index is 800. The molecule has 0 aliphatic carbocycles. The minimum absolute atomic E-state index is 0.0642. The van der Waals surface area contributed by atoms with Gasteiger partial charge < -0.3 is 15.0 Å². The zero-order valence-corrected chi connectivity index (χ0v) is 17.0. The zero-order valence-electron chi connectivity index (χ0n) is 17.0. The second kappa shape index (κ2) is 7.63. The van der Waals surface area contributed by atoms with E-state index in [9.17, 15) is 4.79 Å². The standard InChI is InChI=1S/C23H30N2O2/c1-6-17(5)27-19-14-12-18(13-15-19)23(7-2)24-21-11-9-8-10-20(21)22(26)25(23)16(3)4/h8-17,24H,6-7H2,1-5H3. The van der Waals surface area contributed by atoms with Crippen molar-refractivity contribution >= 4 is 11.6 Å². The maximum Gasteiger partial charge on any atom is 0.258 e. The first kappa shape index (κ1) is 19.3. The number of ether oxygens (including phenoxy) is 1. The van der Waals surface area contributed by atoms with Crippen molar-refractivity contribution in [2.24, 2.45) is 0 Å². The largest absolute Gasteiger partial charge is 0.491 e. The van der Waals surface area contributed by atoms with Crippen LogP contribution in [-0.2, 0) is 5.66 Å². The minimum Gasteiger partial charge on any atom is -0.491 e. The predicted molar refractivity (Wildman–Crippen MR) is 110 cm³/mol. The topological polar surface area (TPSA) is 41.6 Å². The van der Waals surface area contributed by atoms with Crippen LogP contribution in [0.1, 0.15) is 63.4 Å². The maximum absolute atomic E-state index is 13.3. The number of anilines is 1. The Kier molecular flexibility index (Phi) is 5.45. The number of benzene rings is 2. The van der Waals surface area contributed by atoms with E-state index in [1.165, 1.54) is 0 Å². The van der Waals surface area contributed by atoms with Crippen molar-refractivity contribution in [2.45, 2.75) is 65.3 Å². The van der Waals surface area contributed by atoms with Gasteiger partial charge in [-0.25, -0.2) is 0 Å². The molecule has 0 fully saturated rings. The fourth-order valence-corrected chi connectivity index (χ4v) is 3.84. The predicted octanol–water partition coefficient (Wildman–Crippen LogP) is 5.40. The molecule has 3 rings (SSSR count). The number of amides is 1. The number of hydrogen-bond acceptors (Lipinski definition) is 3. The number of carbonyl (C=O) groups excluding carboxylic acids is 1. The quantitative estimate of drug-likeness (QED) is 0.744. The molecule has 1 heterocycles. The van der Waals surface area contributed by atoms with Crippen LogP contribution in [0.2, 0.25) is 0 Å². The smallest absolute Gasteiger partial charge is 0.258 e. The van der Waals surface area contributed by atoms with Crippen molar-refractivity contribution in [3.63, 3.8) is 0 Å². The molecular weight excluding hydrogens is 336 g/mol. The Labute approximate surface area is 162 Å². The van der Waals surface area contributed by atoms with E-state index in [1.54, 1.807) is 0 Å². The van der Waals surface area contributed by atoms with Crippen LogP contribution < -0.4 is 10.1 Å². The lowest BCUT2D eigenvalue weighted by Gasteiger charge is -2.50. The van der Waals surface area contributed by atoms with E-state index in [-0.39, 0.29) is 18.1 Å². The molecule has 0 radical (unpaired) electrons. The molecule has 1 amide bonds. The molecule has 2 atom stereocenters. The van der Waals surface area contributed by atoms with Crippen LogP contribution in [0.5, 0.6) is 5.75 Å². The van der Waals surface area contributed by atoms with Gasteiger partial charge in [0.1, 0.15) is 11.4 Å². The van der Waals surface area contributed by atoms with Crippen LogP contribution in [0.25, 0.3) is 0 Å². The van der Waals surface area contributed by atoms with Crippen LogP contribution in [0, 0.1) is 0 Å². The van der Waals surface area contributed by atoms with Crippen LogP contribution in [0.4, 0.5) is 5.69 Å². The summed E-state index contributed by atoms with van der Waals surface area (Å²) < 4.78 is 5.92. The number of rotatable bonds is 6. The Morgan fingerprint density at radius 2 is 1.70 bits per heavy atom. The second-order valence-electron chi connectivity index (χ2n) is 7.51. The van der Waals surface area contributed by atoms with Gasteiger partial charge in [-0.3, -0.25) is 4.79 Å². The summed E-state index contributed by atoms with van der Waals surface area (Å²) in [6, 6.07) is 16.0. The van der Waals surface area contributed by atoms with E-state index in [0.29, 0.717) is 0 Å². The summed E-state index contributed by atoms with van der Waals surface area (Å²) in [6.45, 7) is 10.4. The Hall–Kier alpha value is -2.49. The first-order valence-electron chi connectivity index (χ1n) is 9.91. The minimum atomic E-state index is -0.575. The number of hydrogen-bond donors (Lipinski definition) is 1. The molecule has 0 saturated carbocycles. The van der Waals surface area contributed by atoms with Crippen LogP contribution in [0.15, 0.2) is 48.5 Å². The molecule has 27 heavy (non-hydrogen) atoms. The molecule has 2 aromatic carbocycles. The van der Waals surface area contributed by atoms with Crippen LogP contribution >= 0.6 is 0 Å². The van der Waals surface area contributed by atoms with Crippen LogP contribution in [0.3, 0.4) is 0 Å². The fourth-order valence-electron chi connectivity index (χ4n) is 3.84. The number of fused-ring (bicyclic) bond motifs is 1. The lowest BCUT2D eigenvalue weighted by Crippen LogP contribution is -2.59. The van der Waals surface area contributed by atoms with Gasteiger partial charge in [0.25, 0.3) is 5.91 Å². The van der Waals surface area contributed by atoms with E-state index >= 15 is 0 Å². The highest BCUT2D eigenvalue weighted by molar-refractivity contribution is 6.02. The molecule has 2 aromatic rings. The summed E-state index contributed by atoms with van der Waals surface area (Å²) in [7, 11) is 0. The molecule has 4 nitrogen and oxygen atoms in total. The average molecular weight is 367 g/mol. The molecule has 4 heteroatoms. The first-order valence-corrected chi connectivity index (χ1v) is 9.91. The van der Waals surface area contributed by atoms with Crippen molar-refractivity contribution < 1.29 is 9.53 Å². The van der Waals surface area contributed by atoms with E-state index in [0.717, 1.165) is 35.4 Å². The summed E-state index contributed by atoms with van der Waals surface area (Å²) in [5.74, 6) is 0.930. The molecule has 1 aliphatic heterocycles. The molecule has 1 aliphatic rings. The van der Waals surface area contributed by atoms with Gasteiger partial charge in [-0.15, -0.1) is 0 Å². The molecule has 0 aromatic heterocycles. The molecule has 1 N–H and O–H groups in total. The highest BCUT2D eigenvalue weighted by Gasteiger charge is 2.45. The van der Waals surface area contributed by atoms with Gasteiger partial charge in [0.15, 0.2) is 0 Å². The van der Waals surface area contributed by atoms with E-state index in [2.05, 4.69) is 52.1 Å². The lowest BCUT2D eigenvalue weighted by atomic mass is 9.88. The molecule has 2 unspecified atom stereocenters. The number of carbonyl (C=O) groups is 1. The Morgan fingerprint density at radius 1 is 1.04 bits per heavy atom. The average Bonchev–Trinajstić information content (AvgIpc) is 2.67. The van der Waals surface area contributed by atoms with Crippen molar-refractivity contribution in [3.05, 3.63) is 59.7 Å². The van der Waals surface area contributed by atoms with E-state index < -0.39 is 5.66 Å². The van der Waals surface area contributed by atoms with Gasteiger partial charge in [-0.05, 0) is 63.4 Å². The molecule has 0 spiro atoms. The number of nitrogens with zero attached hydrogens (tertiary/aromatic N) is 1. The monoisotopic (exact) mass is 366 g/mol. The summed E-state index contributed by atoms with van der Waals surface area (Å²) in [6.07, 6.45) is 1.91. The van der Waals surface area contributed by atoms with Crippen molar-refractivity contribution in [1.29, 1.82) is 0 Å². The normalized spacial score (nSPS) is 20.2. The SMILES string of the molecule is CCC(C)Oc1ccc(C2(CC)Nc3ccccc3C(=O)N2C(C)C)cc1. The molecule has 0 saturated heterocycles. The number of para-hydroxylation sites is 1. The Morgan fingerprint density at radius 3 is 2.30 bits per heavy atom. The van der Waals surface area contributed by atoms with Gasteiger partial charge in [0.2, 0.25) is 0 Å². The van der Waals surface area contributed by atoms with Crippen molar-refractivity contribution in [2.75, 3.05) is 5.32 Å². The first-order chi connectivity index (χ1) is 12.9. The summed E-state index contributed by atoms with van der Waals surface area (Å²) in [5.41, 5.74) is 2.11. The third kappa shape index (κ3) is 3.41. The van der Waals surface area contributed by atoms with Crippen molar-refractivity contribution in [1.82, 2.24) is 4.90 Å². The fraction of sp³-hybridized carbons (Fsp3) is 0.435. The van der Waals surface area contributed by atoms with E-state index in [1.807, 2.05) is 41.3 Å². The molecule has 0 bridgehead atoms. The zero-order chi connectivity index (χ0) is 19.6. The van der Waals surface area contributed by atoms with Crippen molar-refractivity contribution in [3.8, 4) is 5.75 Å². The molecule has 144 valence electrons. The highest BCUT2D eigenvalue weighted by Crippen LogP contribution is 2.41. The van der Waals surface area contributed by atoms with Gasteiger partial charge >= 0.3 is 0 Å². The third-order valence-corrected chi connectivity index (χ3v) is 5.40. The number of nitrogens with one attached hydrogen (secondary N) is 1. The summed E-state index contributed by atoms with van der Waals surface area (Å²) in [4.78, 5) is 15.3. The highest BCUT2D eigenvalue weighted by atomic mass is 16.5. The van der Waals surface area contributed by atoms with E-state index in [4.69, 9.17) is 4.74 Å². The third-order valence-electron chi connectivity index (χ3n) is 5.40. The lowest BCUT2D eigenvalue weighted by molar-refractivity contribution is 0.0371. The van der Waals surface area contributed by atoms with Gasteiger partial charge in [-0.1, -0.05) is 38.1 Å². The van der Waals surface area contributed by atoms with Gasteiger partial charge in [0.05, 0.1) is 11.7 Å². The summed E-state index contributed by atoms with van der Waals surface area (Å²) >= 11 is 0. The summed E-state index contributed by atoms with van der Waals surface area (Å²) in [5, 5.41) is 3.67. The van der Waals surface area contributed by atoms with Gasteiger partial charge in [0, 0.05) is 11.7 Å². The van der Waals surface area contributed by atoms with Gasteiger partial charge in [-0.2, -0.15) is 0 Å². The maximum atomic E-state index is 13.3. The second-order valence-corrected chi connectivity index (χ2v) is 7.51. The van der Waals surface area contributed by atoms with Crippen LogP contribution in [-0.4, -0.2) is 23.0 Å². The Balaban J connectivity index is 2.05.